The molecule has 1 aromatic rings. The number of sulfone groups is 1. The van der Waals surface area contributed by atoms with Gasteiger partial charge in [-0.3, -0.25) is 9.59 Å². The van der Waals surface area contributed by atoms with E-state index in [0.29, 0.717) is 5.69 Å². The van der Waals surface area contributed by atoms with Gasteiger partial charge in [0.2, 0.25) is 11.8 Å². The van der Waals surface area contributed by atoms with Crippen molar-refractivity contribution < 1.29 is 23.1 Å². The number of aliphatic hydroxyl groups excluding tert-OH is 1. The van der Waals surface area contributed by atoms with Crippen molar-refractivity contribution in [2.24, 2.45) is 5.41 Å². The lowest BCUT2D eigenvalue weighted by Gasteiger charge is -2.34. The first-order chi connectivity index (χ1) is 12.8. The predicted octanol–water partition coefficient (Wildman–Crippen LogP) is -0.840. The molecule has 2 amide bonds. The van der Waals surface area contributed by atoms with Crippen LogP contribution < -0.4 is 5.32 Å². The van der Waals surface area contributed by atoms with Crippen LogP contribution >= 0.6 is 0 Å². The number of hydrogen-bond donors (Lipinski definition) is 2. The van der Waals surface area contributed by atoms with Gasteiger partial charge in [0.15, 0.2) is 0 Å². The summed E-state index contributed by atoms with van der Waals surface area (Å²) in [6.45, 7) is 5.68. The highest BCUT2D eigenvalue weighted by atomic mass is 32.2. The lowest BCUT2D eigenvalue weighted by Crippen LogP contribution is -2.49. The van der Waals surface area contributed by atoms with Gasteiger partial charge in [-0.1, -0.05) is 26.0 Å². The number of likely N-dealkylation sites (tertiary alicyclic amines) is 1. The molecule has 2 heterocycles. The molecule has 1 saturated heterocycles. The number of aryl methyl sites for hydroxylation is 1. The lowest BCUT2D eigenvalue weighted by molar-refractivity contribution is -0.144. The van der Waals surface area contributed by atoms with E-state index < -0.39 is 33.4 Å². The van der Waals surface area contributed by atoms with E-state index in [9.17, 15) is 23.1 Å². The quantitative estimate of drug-likeness (QED) is 0.618. The molecule has 2 rings (SSSR count). The minimum absolute atomic E-state index is 0.0586. The maximum absolute atomic E-state index is 13.3. The molecule has 2 N–H and O–H groups in total. The van der Waals surface area contributed by atoms with Gasteiger partial charge >= 0.3 is 0 Å². The minimum Gasteiger partial charge on any atom is -0.391 e. The number of β-amino-alcohol motifs (C(OH)–C–C–N with tert-alkyl or cyclic N) is 1. The number of nitrogens with one attached hydrogen (secondary N) is 1. The van der Waals surface area contributed by atoms with Crippen molar-refractivity contribution in [3.63, 3.8) is 0 Å². The molecule has 28 heavy (non-hydrogen) atoms. The molecule has 1 fully saturated rings. The Bertz CT molecular complexity index is 829. The Balaban J connectivity index is 2.30. The van der Waals surface area contributed by atoms with Crippen LogP contribution in [0.4, 0.5) is 0 Å². The van der Waals surface area contributed by atoms with E-state index >= 15 is 0 Å². The van der Waals surface area contributed by atoms with Gasteiger partial charge in [0.05, 0.1) is 17.6 Å². The Morgan fingerprint density at radius 2 is 2.04 bits per heavy atom. The van der Waals surface area contributed by atoms with Gasteiger partial charge in [-0.2, -0.15) is 0 Å². The number of nitrogens with zero attached hydrogens (tertiary/aromatic N) is 4. The Labute approximate surface area is 165 Å². The van der Waals surface area contributed by atoms with Crippen molar-refractivity contribution in [2.45, 2.75) is 51.8 Å². The van der Waals surface area contributed by atoms with E-state index in [-0.39, 0.29) is 37.0 Å². The van der Waals surface area contributed by atoms with Gasteiger partial charge in [-0.15, -0.1) is 5.10 Å². The summed E-state index contributed by atoms with van der Waals surface area (Å²) in [5, 5.41) is 20.6. The molecule has 1 aliphatic heterocycles. The van der Waals surface area contributed by atoms with Crippen LogP contribution in [-0.2, 0) is 25.8 Å². The van der Waals surface area contributed by atoms with E-state index in [2.05, 4.69) is 15.6 Å². The van der Waals surface area contributed by atoms with Gasteiger partial charge in [0.25, 0.3) is 0 Å². The van der Waals surface area contributed by atoms with E-state index in [0.717, 1.165) is 6.26 Å². The molecule has 2 unspecified atom stereocenters. The van der Waals surface area contributed by atoms with Crippen molar-refractivity contribution in [3.05, 3.63) is 11.9 Å². The highest BCUT2D eigenvalue weighted by Crippen LogP contribution is 2.34. The van der Waals surface area contributed by atoms with Crippen LogP contribution in [0, 0.1) is 5.41 Å². The Morgan fingerprint density at radius 1 is 1.39 bits per heavy atom. The minimum atomic E-state index is -3.14. The zero-order chi connectivity index (χ0) is 21.3. The largest absolute Gasteiger partial charge is 0.391 e. The van der Waals surface area contributed by atoms with E-state index in [1.165, 1.54) is 16.6 Å². The molecule has 11 heteroatoms. The summed E-state index contributed by atoms with van der Waals surface area (Å²) in [6, 6.07) is -1.50. The Morgan fingerprint density at radius 3 is 2.57 bits per heavy atom. The molecule has 0 aromatic carbocycles. The topological polar surface area (TPSA) is 134 Å². The third-order valence-electron chi connectivity index (χ3n) is 4.72. The van der Waals surface area contributed by atoms with Crippen molar-refractivity contribution in [2.75, 3.05) is 25.6 Å². The van der Waals surface area contributed by atoms with Crippen LogP contribution in [0.3, 0.4) is 0 Å². The number of hydrogen-bond acceptors (Lipinski definition) is 7. The van der Waals surface area contributed by atoms with Crippen molar-refractivity contribution >= 4 is 21.7 Å². The fourth-order valence-electron chi connectivity index (χ4n) is 3.35. The van der Waals surface area contributed by atoms with Crippen LogP contribution in [0.15, 0.2) is 6.20 Å². The first-order valence-corrected chi connectivity index (χ1v) is 11.2. The summed E-state index contributed by atoms with van der Waals surface area (Å²) in [5.41, 5.74) is -0.0866. The average Bonchev–Trinajstić information content (AvgIpc) is 3.17. The zero-order valence-corrected chi connectivity index (χ0v) is 17.7. The SMILES string of the molecule is CNC(=O)C1CC(O)CN1C(=O)[C@@H](n1cc(CCS(C)(=O)=O)nn1)C(C)(C)C. The second-order valence-corrected chi connectivity index (χ2v) is 10.6. The fourth-order valence-corrected chi connectivity index (χ4v) is 3.93. The number of aliphatic hydroxyl groups is 1. The normalized spacial score (nSPS) is 21.6. The molecular formula is C17H29N5O5S. The summed E-state index contributed by atoms with van der Waals surface area (Å²) >= 11 is 0. The van der Waals surface area contributed by atoms with Crippen LogP contribution in [0.5, 0.6) is 0 Å². The summed E-state index contributed by atoms with van der Waals surface area (Å²) in [4.78, 5) is 26.9. The first kappa shape index (κ1) is 22.3. The molecule has 3 atom stereocenters. The van der Waals surface area contributed by atoms with E-state index in [1.54, 1.807) is 6.20 Å². The lowest BCUT2D eigenvalue weighted by atomic mass is 9.85. The summed E-state index contributed by atoms with van der Waals surface area (Å²) in [6.07, 6.45) is 2.33. The smallest absolute Gasteiger partial charge is 0.248 e. The molecule has 158 valence electrons. The molecule has 0 aliphatic carbocycles. The fraction of sp³-hybridized carbons (Fsp3) is 0.765. The number of amides is 2. The maximum atomic E-state index is 13.3. The molecule has 0 radical (unpaired) electrons. The number of likely N-dealkylation sites (N-methyl/N-ethyl adjacent to an activating group) is 1. The third-order valence-corrected chi connectivity index (χ3v) is 5.66. The average molecular weight is 416 g/mol. The van der Waals surface area contributed by atoms with Crippen molar-refractivity contribution in [1.82, 2.24) is 25.2 Å². The number of rotatable bonds is 6. The summed E-state index contributed by atoms with van der Waals surface area (Å²) < 4.78 is 24.2. The second kappa shape index (κ2) is 8.16. The molecule has 0 saturated carbocycles. The van der Waals surface area contributed by atoms with Crippen molar-refractivity contribution in [3.8, 4) is 0 Å². The zero-order valence-electron chi connectivity index (χ0n) is 16.9. The van der Waals surface area contributed by atoms with Gasteiger partial charge in [0, 0.05) is 38.9 Å². The standard InChI is InChI=1S/C17H29N5O5S/c1-17(2,3)14(22-9-11(19-20-22)6-7-28(5,26)27)16(25)21-10-12(23)8-13(21)15(24)18-4/h9,12-14,23H,6-8,10H2,1-5H3,(H,18,24)/t12?,13?,14-/m1/s1. The number of carbonyl (C=O) groups excluding carboxylic acids is 2. The molecule has 1 aliphatic rings. The predicted molar refractivity (Wildman–Crippen MR) is 102 cm³/mol. The Kier molecular flexibility index (Phi) is 6.49. The molecular weight excluding hydrogens is 386 g/mol. The molecule has 10 nitrogen and oxygen atoms in total. The summed E-state index contributed by atoms with van der Waals surface area (Å²) in [7, 11) is -1.65. The van der Waals surface area contributed by atoms with E-state index in [1.807, 2.05) is 20.8 Å². The van der Waals surface area contributed by atoms with Crippen molar-refractivity contribution in [1.29, 1.82) is 0 Å². The molecule has 0 spiro atoms. The van der Waals surface area contributed by atoms with Crippen LogP contribution in [0.2, 0.25) is 0 Å². The highest BCUT2D eigenvalue weighted by Gasteiger charge is 2.44. The molecule has 0 bridgehead atoms. The maximum Gasteiger partial charge on any atom is 0.248 e. The second-order valence-electron chi connectivity index (χ2n) is 8.35. The number of aromatic nitrogens is 3. The Hall–Kier alpha value is -2.01. The van der Waals surface area contributed by atoms with Gasteiger partial charge in [-0.05, 0) is 5.41 Å². The van der Waals surface area contributed by atoms with Crippen LogP contribution in [0.1, 0.15) is 38.9 Å². The van der Waals surface area contributed by atoms with E-state index in [4.69, 9.17) is 0 Å². The number of carbonyl (C=O) groups is 2. The van der Waals surface area contributed by atoms with Crippen LogP contribution in [-0.4, -0.2) is 83.0 Å². The first-order valence-electron chi connectivity index (χ1n) is 9.12. The third kappa shape index (κ3) is 5.28. The van der Waals surface area contributed by atoms with Gasteiger partial charge in [0.1, 0.15) is 21.9 Å². The highest BCUT2D eigenvalue weighted by molar-refractivity contribution is 7.90. The molecule has 1 aromatic heterocycles. The summed E-state index contributed by atoms with van der Waals surface area (Å²) in [5.74, 6) is -0.723. The monoisotopic (exact) mass is 415 g/mol. The van der Waals surface area contributed by atoms with Gasteiger partial charge < -0.3 is 15.3 Å². The van der Waals surface area contributed by atoms with Crippen LogP contribution in [0.25, 0.3) is 0 Å². The van der Waals surface area contributed by atoms with Gasteiger partial charge in [-0.25, -0.2) is 13.1 Å².